The molecule has 90 valence electrons. The molecule has 0 aromatic heterocycles. The maximum absolute atomic E-state index is 10.5. The van der Waals surface area contributed by atoms with Crippen molar-refractivity contribution in [2.24, 2.45) is 4.99 Å². The van der Waals surface area contributed by atoms with Crippen molar-refractivity contribution in [3.8, 4) is 5.75 Å². The molecule has 1 aliphatic rings. The van der Waals surface area contributed by atoms with Crippen LogP contribution in [0.3, 0.4) is 0 Å². The first-order valence-electron chi connectivity index (χ1n) is 4.93. The molecular formula is C10H10N2O3S2. The predicted octanol–water partition coefficient (Wildman–Crippen LogP) is 2.64. The zero-order valence-corrected chi connectivity index (χ0v) is 10.5. The quantitative estimate of drug-likeness (QED) is 0.675. The fraction of sp³-hybridized carbons (Fsp3) is 0.300. The summed E-state index contributed by atoms with van der Waals surface area (Å²) >= 11 is 3.25. The number of thioether (sulfide) groups is 2. The van der Waals surface area contributed by atoms with Gasteiger partial charge < -0.3 is 5.11 Å². The van der Waals surface area contributed by atoms with E-state index in [2.05, 4.69) is 4.99 Å². The van der Waals surface area contributed by atoms with Crippen molar-refractivity contribution in [2.45, 2.75) is 5.75 Å². The average Bonchev–Trinajstić information content (AvgIpc) is 2.80. The Morgan fingerprint density at radius 2 is 2.41 bits per heavy atom. The molecule has 0 amide bonds. The number of aliphatic imine (C=N–C) groups is 1. The van der Waals surface area contributed by atoms with Crippen molar-refractivity contribution in [3.05, 3.63) is 33.9 Å². The summed E-state index contributed by atoms with van der Waals surface area (Å²) in [6.45, 7) is 0.846. The number of rotatable bonds is 3. The normalized spacial score (nSPS) is 14.7. The first kappa shape index (κ1) is 12.3. The van der Waals surface area contributed by atoms with Crippen molar-refractivity contribution >= 4 is 33.6 Å². The highest BCUT2D eigenvalue weighted by atomic mass is 32.2. The lowest BCUT2D eigenvalue weighted by atomic mass is 10.2. The zero-order chi connectivity index (χ0) is 12.3. The molecule has 17 heavy (non-hydrogen) atoms. The number of nitro benzene ring substituents is 1. The van der Waals surface area contributed by atoms with Crippen LogP contribution in [0.1, 0.15) is 5.56 Å². The summed E-state index contributed by atoms with van der Waals surface area (Å²) in [6.07, 6.45) is 0. The van der Waals surface area contributed by atoms with E-state index in [9.17, 15) is 15.2 Å². The Morgan fingerprint density at radius 3 is 3.00 bits per heavy atom. The summed E-state index contributed by atoms with van der Waals surface area (Å²) in [4.78, 5) is 14.3. The number of hydrogen-bond donors (Lipinski definition) is 1. The summed E-state index contributed by atoms with van der Waals surface area (Å²) in [5.41, 5.74) is 0.597. The van der Waals surface area contributed by atoms with E-state index in [-0.39, 0.29) is 11.4 Å². The molecule has 2 rings (SSSR count). The van der Waals surface area contributed by atoms with Crippen LogP contribution < -0.4 is 0 Å². The van der Waals surface area contributed by atoms with Crippen LogP contribution in [0.2, 0.25) is 0 Å². The summed E-state index contributed by atoms with van der Waals surface area (Å²) in [5.74, 6) is 1.56. The van der Waals surface area contributed by atoms with Crippen LogP contribution in [0.5, 0.6) is 5.75 Å². The van der Waals surface area contributed by atoms with Gasteiger partial charge in [-0.3, -0.25) is 15.1 Å². The minimum atomic E-state index is -0.520. The fourth-order valence-electron chi connectivity index (χ4n) is 1.33. The Balaban J connectivity index is 2.03. The van der Waals surface area contributed by atoms with E-state index in [4.69, 9.17) is 0 Å². The monoisotopic (exact) mass is 270 g/mol. The number of nitrogens with zero attached hydrogens (tertiary/aromatic N) is 2. The van der Waals surface area contributed by atoms with Gasteiger partial charge in [0.05, 0.1) is 17.5 Å². The molecule has 1 heterocycles. The van der Waals surface area contributed by atoms with Crippen LogP contribution in [0, 0.1) is 10.1 Å². The Bertz CT molecular complexity index is 477. The van der Waals surface area contributed by atoms with Crippen LogP contribution in [0.25, 0.3) is 0 Å². The van der Waals surface area contributed by atoms with Crippen LogP contribution in [0.4, 0.5) is 5.69 Å². The maximum atomic E-state index is 10.5. The van der Waals surface area contributed by atoms with Gasteiger partial charge in [0.15, 0.2) is 0 Å². The summed E-state index contributed by atoms with van der Waals surface area (Å²) in [6, 6.07) is 4.17. The highest BCUT2D eigenvalue weighted by Gasteiger charge is 2.12. The minimum Gasteiger partial charge on any atom is -0.507 e. The van der Waals surface area contributed by atoms with Crippen LogP contribution in [-0.2, 0) is 5.75 Å². The molecule has 0 aliphatic carbocycles. The van der Waals surface area contributed by atoms with Gasteiger partial charge in [-0.1, -0.05) is 23.5 Å². The maximum Gasteiger partial charge on any atom is 0.273 e. The number of nitro groups is 1. The van der Waals surface area contributed by atoms with Crippen LogP contribution in [0.15, 0.2) is 23.2 Å². The molecule has 0 saturated heterocycles. The molecule has 0 bridgehead atoms. The van der Waals surface area contributed by atoms with Gasteiger partial charge in [-0.2, -0.15) is 0 Å². The van der Waals surface area contributed by atoms with E-state index in [1.54, 1.807) is 29.6 Å². The second-order valence-corrected chi connectivity index (χ2v) is 5.66. The smallest absolute Gasteiger partial charge is 0.273 e. The topological polar surface area (TPSA) is 75.7 Å². The SMILES string of the molecule is O=[N+]([O-])c1ccc(CSC2=NCCS2)c(O)c1. The largest absolute Gasteiger partial charge is 0.507 e. The molecular weight excluding hydrogens is 260 g/mol. The summed E-state index contributed by atoms with van der Waals surface area (Å²) in [7, 11) is 0. The van der Waals surface area contributed by atoms with E-state index in [0.717, 1.165) is 16.7 Å². The van der Waals surface area contributed by atoms with E-state index < -0.39 is 4.92 Å². The van der Waals surface area contributed by atoms with Gasteiger partial charge in [0.2, 0.25) is 0 Å². The molecule has 5 nitrogen and oxygen atoms in total. The molecule has 0 unspecified atom stereocenters. The third-order valence-electron chi connectivity index (χ3n) is 2.19. The van der Waals surface area contributed by atoms with Crippen LogP contribution >= 0.6 is 23.5 Å². The number of phenols is 1. The lowest BCUT2D eigenvalue weighted by Crippen LogP contribution is -1.90. The highest BCUT2D eigenvalue weighted by molar-refractivity contribution is 8.38. The second kappa shape index (κ2) is 5.42. The van der Waals surface area contributed by atoms with Crippen molar-refractivity contribution in [1.29, 1.82) is 0 Å². The number of non-ortho nitro benzene ring substituents is 1. The van der Waals surface area contributed by atoms with Crippen molar-refractivity contribution in [1.82, 2.24) is 0 Å². The van der Waals surface area contributed by atoms with Gasteiger partial charge in [-0.05, 0) is 6.07 Å². The molecule has 1 aliphatic heterocycles. The standard InChI is InChI=1S/C10H10N2O3S2/c13-9-5-8(12(14)15)2-1-7(9)6-17-10-11-3-4-16-10/h1-2,5,13H,3-4,6H2. The fourth-order valence-corrected chi connectivity index (χ4v) is 3.34. The van der Waals surface area contributed by atoms with Gasteiger partial charge in [0.25, 0.3) is 5.69 Å². The molecule has 0 fully saturated rings. The number of hydrogen-bond acceptors (Lipinski definition) is 6. The zero-order valence-electron chi connectivity index (χ0n) is 8.83. The van der Waals surface area contributed by atoms with Crippen molar-refractivity contribution < 1.29 is 10.0 Å². The minimum absolute atomic E-state index is 0.0321. The molecule has 0 atom stereocenters. The third-order valence-corrected chi connectivity index (χ3v) is 4.49. The first-order chi connectivity index (χ1) is 8.16. The average molecular weight is 270 g/mol. The van der Waals surface area contributed by atoms with E-state index in [1.807, 2.05) is 0 Å². The van der Waals surface area contributed by atoms with Crippen LogP contribution in [-0.4, -0.2) is 26.7 Å². The predicted molar refractivity (Wildman–Crippen MR) is 70.8 cm³/mol. The molecule has 0 spiro atoms. The number of aromatic hydroxyl groups is 1. The molecule has 7 heteroatoms. The Hall–Kier alpha value is -1.21. The first-order valence-corrected chi connectivity index (χ1v) is 6.90. The molecule has 0 radical (unpaired) electrons. The van der Waals surface area contributed by atoms with E-state index in [1.165, 1.54) is 12.1 Å². The Morgan fingerprint density at radius 1 is 1.59 bits per heavy atom. The van der Waals surface area contributed by atoms with Gasteiger partial charge in [0.1, 0.15) is 10.1 Å². The molecule has 1 aromatic rings. The number of phenolic OH excluding ortho intramolecular Hbond substituents is 1. The van der Waals surface area contributed by atoms with Gasteiger partial charge in [0, 0.05) is 23.1 Å². The molecule has 1 N–H and O–H groups in total. The lowest BCUT2D eigenvalue weighted by molar-refractivity contribution is -0.384. The third kappa shape index (κ3) is 3.13. The summed E-state index contributed by atoms with van der Waals surface area (Å²) < 4.78 is 1.02. The highest BCUT2D eigenvalue weighted by Crippen LogP contribution is 2.30. The summed E-state index contributed by atoms with van der Waals surface area (Å²) in [5, 5.41) is 20.1. The van der Waals surface area contributed by atoms with Gasteiger partial charge in [-0.25, -0.2) is 0 Å². The Labute approximate surface area is 106 Å². The molecule has 1 aromatic carbocycles. The molecule has 0 saturated carbocycles. The second-order valence-electron chi connectivity index (χ2n) is 3.35. The lowest BCUT2D eigenvalue weighted by Gasteiger charge is -2.03. The van der Waals surface area contributed by atoms with Gasteiger partial charge >= 0.3 is 0 Å². The van der Waals surface area contributed by atoms with Crippen molar-refractivity contribution in [2.75, 3.05) is 12.3 Å². The van der Waals surface area contributed by atoms with E-state index >= 15 is 0 Å². The Kier molecular flexibility index (Phi) is 3.90. The van der Waals surface area contributed by atoms with E-state index in [0.29, 0.717) is 11.3 Å². The van der Waals surface area contributed by atoms with Crippen molar-refractivity contribution in [3.63, 3.8) is 0 Å². The van der Waals surface area contributed by atoms with Gasteiger partial charge in [-0.15, -0.1) is 0 Å². The number of benzene rings is 1.